The van der Waals surface area contributed by atoms with E-state index >= 15 is 0 Å². The van der Waals surface area contributed by atoms with Crippen molar-refractivity contribution >= 4 is 17.7 Å². The van der Waals surface area contributed by atoms with Gasteiger partial charge >= 0.3 is 11.9 Å². The lowest BCUT2D eigenvalue weighted by Gasteiger charge is -2.52. The van der Waals surface area contributed by atoms with Crippen molar-refractivity contribution in [3.8, 4) is 0 Å². The van der Waals surface area contributed by atoms with Crippen LogP contribution in [0.25, 0.3) is 0 Å². The molecule has 0 unspecified atom stereocenters. The van der Waals surface area contributed by atoms with Gasteiger partial charge in [-0.3, -0.25) is 19.3 Å². The van der Waals surface area contributed by atoms with Gasteiger partial charge in [-0.15, -0.1) is 0 Å². The molecule has 2 aliphatic heterocycles. The standard InChI is InChI=1S/C32H37NO5/c1-3-37-29(35)31(30(36)38-4-2)19-22-18-27-24-15-8-9-16-25(24)28(34)32(22,20-31)33(27)26-17-11-10-14-23(26)21-12-6-5-7-13-21/h5-9,12-13,15-16,22-23,26-27H,3-4,10-11,14,17-20H2,1-2H3/t22-,23+,26-,27-,32+/m0/s1. The summed E-state index contributed by atoms with van der Waals surface area (Å²) in [7, 11) is 0. The zero-order chi connectivity index (χ0) is 26.5. The molecule has 3 fully saturated rings. The summed E-state index contributed by atoms with van der Waals surface area (Å²) in [6.07, 6.45) is 5.49. The maximum Gasteiger partial charge on any atom is 0.323 e. The van der Waals surface area contributed by atoms with Crippen molar-refractivity contribution in [2.24, 2.45) is 11.3 Å². The Balaban J connectivity index is 1.51. The van der Waals surface area contributed by atoms with Crippen molar-refractivity contribution in [3.05, 3.63) is 71.3 Å². The lowest BCUT2D eigenvalue weighted by atomic mass is 9.71. The van der Waals surface area contributed by atoms with E-state index in [4.69, 9.17) is 9.47 Å². The number of carbonyl (C=O) groups excluding carboxylic acids is 3. The number of carbonyl (C=O) groups is 3. The number of Topliss-reactive ketones (excluding diaryl/α,β-unsaturated/α-hetero) is 1. The average molecular weight is 516 g/mol. The minimum absolute atomic E-state index is 0.0553. The highest BCUT2D eigenvalue weighted by Gasteiger charge is 2.74. The lowest BCUT2D eigenvalue weighted by molar-refractivity contribution is -0.172. The first kappa shape index (κ1) is 25.3. The van der Waals surface area contributed by atoms with Gasteiger partial charge in [0.15, 0.2) is 11.2 Å². The van der Waals surface area contributed by atoms with E-state index in [9.17, 15) is 14.4 Å². The third-order valence-corrected chi connectivity index (χ3v) is 9.75. The molecule has 1 saturated heterocycles. The predicted octanol–water partition coefficient (Wildman–Crippen LogP) is 5.62. The average Bonchev–Trinajstić information content (AvgIpc) is 3.42. The number of esters is 2. The molecule has 2 saturated carbocycles. The molecule has 2 bridgehead atoms. The summed E-state index contributed by atoms with van der Waals surface area (Å²) in [6.45, 7) is 3.86. The van der Waals surface area contributed by atoms with E-state index in [0.29, 0.717) is 12.3 Å². The third-order valence-electron chi connectivity index (χ3n) is 9.75. The van der Waals surface area contributed by atoms with Crippen molar-refractivity contribution in [2.75, 3.05) is 13.2 Å². The van der Waals surface area contributed by atoms with Crippen LogP contribution in [0.3, 0.4) is 0 Å². The van der Waals surface area contributed by atoms with E-state index < -0.39 is 22.9 Å². The van der Waals surface area contributed by atoms with E-state index in [1.54, 1.807) is 13.8 Å². The zero-order valence-corrected chi connectivity index (χ0v) is 22.4. The molecule has 6 heteroatoms. The van der Waals surface area contributed by atoms with Crippen LogP contribution in [0.4, 0.5) is 0 Å². The topological polar surface area (TPSA) is 72.9 Å². The molecular formula is C32H37NO5. The third kappa shape index (κ3) is 3.52. The van der Waals surface area contributed by atoms with Gasteiger partial charge in [0, 0.05) is 24.1 Å². The van der Waals surface area contributed by atoms with Crippen LogP contribution >= 0.6 is 0 Å². The number of fused-ring (bicyclic) bond motifs is 3. The Bertz CT molecular complexity index is 1220. The molecule has 4 aliphatic rings. The van der Waals surface area contributed by atoms with Crippen LogP contribution in [-0.2, 0) is 19.1 Å². The molecule has 0 amide bonds. The largest absolute Gasteiger partial charge is 0.465 e. The summed E-state index contributed by atoms with van der Waals surface area (Å²) >= 11 is 0. The highest BCUT2D eigenvalue weighted by atomic mass is 16.6. The maximum absolute atomic E-state index is 14.7. The first-order chi connectivity index (χ1) is 18.5. The van der Waals surface area contributed by atoms with Crippen LogP contribution in [0.2, 0.25) is 0 Å². The minimum Gasteiger partial charge on any atom is -0.465 e. The van der Waals surface area contributed by atoms with Crippen LogP contribution in [0.1, 0.15) is 92.2 Å². The minimum atomic E-state index is -1.46. The summed E-state index contributed by atoms with van der Waals surface area (Å²) in [5.74, 6) is -0.872. The summed E-state index contributed by atoms with van der Waals surface area (Å²) in [6, 6.07) is 18.8. The molecule has 2 aromatic rings. The van der Waals surface area contributed by atoms with Crippen LogP contribution < -0.4 is 0 Å². The fraction of sp³-hybridized carbons (Fsp3) is 0.531. The van der Waals surface area contributed by atoms with E-state index in [-0.39, 0.29) is 43.4 Å². The molecule has 2 aromatic carbocycles. The monoisotopic (exact) mass is 515 g/mol. The van der Waals surface area contributed by atoms with E-state index in [1.807, 2.05) is 24.3 Å². The number of hydrogen-bond acceptors (Lipinski definition) is 6. The lowest BCUT2D eigenvalue weighted by Crippen LogP contribution is -2.61. The molecule has 0 aromatic heterocycles. The van der Waals surface area contributed by atoms with Gasteiger partial charge in [0.25, 0.3) is 0 Å². The zero-order valence-electron chi connectivity index (χ0n) is 22.4. The number of hydrogen-bond donors (Lipinski definition) is 0. The van der Waals surface area contributed by atoms with Crippen molar-refractivity contribution in [1.29, 1.82) is 0 Å². The highest BCUT2D eigenvalue weighted by Crippen LogP contribution is 2.66. The van der Waals surface area contributed by atoms with Gasteiger partial charge < -0.3 is 9.47 Å². The van der Waals surface area contributed by atoms with Crippen molar-refractivity contribution in [2.45, 2.75) is 82.3 Å². The second kappa shape index (κ2) is 9.64. The molecule has 2 aliphatic carbocycles. The molecule has 1 spiro atoms. The molecule has 6 nitrogen and oxygen atoms in total. The summed E-state index contributed by atoms with van der Waals surface area (Å²) in [4.78, 5) is 44.2. The first-order valence-electron chi connectivity index (χ1n) is 14.3. The SMILES string of the molecule is CCOC(=O)C1(C(=O)OCC)C[C@@H]2C[C@H]3c4ccccc4C(=O)[C@]2(C1)N3[C@H]1CCCC[C@@H]1c1ccccc1. The number of rotatable bonds is 6. The Kier molecular flexibility index (Phi) is 6.42. The summed E-state index contributed by atoms with van der Waals surface area (Å²) < 4.78 is 11.0. The fourth-order valence-electron chi connectivity index (χ4n) is 8.39. The number of ether oxygens (including phenoxy) is 2. The summed E-state index contributed by atoms with van der Waals surface area (Å²) in [5, 5.41) is 0. The molecule has 200 valence electrons. The van der Waals surface area contributed by atoms with E-state index in [2.05, 4.69) is 35.2 Å². The quantitative estimate of drug-likeness (QED) is 0.367. The van der Waals surface area contributed by atoms with Crippen LogP contribution in [0, 0.1) is 11.3 Å². The molecule has 0 N–H and O–H groups in total. The Morgan fingerprint density at radius 2 is 1.58 bits per heavy atom. The van der Waals surface area contributed by atoms with Gasteiger partial charge in [-0.05, 0) is 62.5 Å². The van der Waals surface area contributed by atoms with Crippen molar-refractivity contribution in [1.82, 2.24) is 4.90 Å². The number of benzene rings is 2. The molecule has 0 radical (unpaired) electrons. The molecule has 38 heavy (non-hydrogen) atoms. The van der Waals surface area contributed by atoms with Crippen molar-refractivity contribution in [3.63, 3.8) is 0 Å². The molecule has 6 rings (SSSR count). The van der Waals surface area contributed by atoms with Crippen LogP contribution in [0.5, 0.6) is 0 Å². The van der Waals surface area contributed by atoms with Gasteiger partial charge in [-0.25, -0.2) is 0 Å². The Hall–Kier alpha value is -2.99. The van der Waals surface area contributed by atoms with Crippen LogP contribution in [-0.4, -0.2) is 47.4 Å². The van der Waals surface area contributed by atoms with Gasteiger partial charge in [0.05, 0.1) is 18.8 Å². The first-order valence-corrected chi connectivity index (χ1v) is 14.3. The van der Waals surface area contributed by atoms with E-state index in [0.717, 1.165) is 43.2 Å². The Morgan fingerprint density at radius 1 is 0.921 bits per heavy atom. The normalized spacial score (nSPS) is 31.4. The molecule has 5 atom stereocenters. The van der Waals surface area contributed by atoms with Gasteiger partial charge in [0.1, 0.15) is 0 Å². The Morgan fingerprint density at radius 3 is 2.29 bits per heavy atom. The summed E-state index contributed by atoms with van der Waals surface area (Å²) in [5.41, 5.74) is 0.752. The fourth-order valence-corrected chi connectivity index (χ4v) is 8.39. The van der Waals surface area contributed by atoms with E-state index in [1.165, 1.54) is 5.56 Å². The molecular weight excluding hydrogens is 478 g/mol. The van der Waals surface area contributed by atoms with Crippen LogP contribution in [0.15, 0.2) is 54.6 Å². The van der Waals surface area contributed by atoms with Crippen molar-refractivity contribution < 1.29 is 23.9 Å². The number of nitrogens with zero attached hydrogens (tertiary/aromatic N) is 1. The predicted molar refractivity (Wildman–Crippen MR) is 143 cm³/mol. The smallest absolute Gasteiger partial charge is 0.323 e. The highest BCUT2D eigenvalue weighted by molar-refractivity contribution is 6.10. The second-order valence-corrected chi connectivity index (χ2v) is 11.5. The number of ketones is 1. The maximum atomic E-state index is 14.7. The molecule has 2 heterocycles. The Labute approximate surface area is 224 Å². The second-order valence-electron chi connectivity index (χ2n) is 11.5. The van der Waals surface area contributed by atoms with Gasteiger partial charge in [-0.2, -0.15) is 0 Å². The van der Waals surface area contributed by atoms with Gasteiger partial charge in [0.2, 0.25) is 0 Å². The van der Waals surface area contributed by atoms with Gasteiger partial charge in [-0.1, -0.05) is 67.4 Å².